The van der Waals surface area contributed by atoms with Crippen LogP contribution in [-0.2, 0) is 0 Å². The Morgan fingerprint density at radius 1 is 0.974 bits per heavy atom. The maximum absolute atomic E-state index is 12.5. The third kappa shape index (κ3) is 6.20. The molecule has 206 valence electrons. The number of fused-ring (bicyclic) bond motifs is 2. The maximum atomic E-state index is 12.5. The zero-order valence-corrected chi connectivity index (χ0v) is 23.5. The fourth-order valence-electron chi connectivity index (χ4n) is 5.08. The number of carbonyl (C=O) groups excluding carboxylic acids is 1. The molecule has 0 atom stereocenters. The molecule has 1 saturated heterocycles. The van der Waals surface area contributed by atoms with E-state index in [1.165, 1.54) is 26.7 Å². The van der Waals surface area contributed by atoms with Crippen LogP contribution in [0.2, 0.25) is 0 Å². The van der Waals surface area contributed by atoms with E-state index in [4.69, 9.17) is 9.57 Å². The van der Waals surface area contributed by atoms with E-state index in [0.29, 0.717) is 31.0 Å². The highest BCUT2D eigenvalue weighted by Crippen LogP contribution is 2.31. The molecule has 0 radical (unpaired) electrons. The van der Waals surface area contributed by atoms with Crippen molar-refractivity contribution in [2.45, 2.75) is 26.7 Å². The maximum Gasteiger partial charge on any atom is 0.434 e. The number of carbonyl (C=O) groups is 1. The summed E-state index contributed by atoms with van der Waals surface area (Å²) in [5.41, 5.74) is 1.47. The Labute approximate surface area is 232 Å². The normalized spacial score (nSPS) is 14.2. The van der Waals surface area contributed by atoms with Crippen molar-refractivity contribution in [1.29, 1.82) is 0 Å². The zero-order chi connectivity index (χ0) is 27.2. The van der Waals surface area contributed by atoms with Crippen LogP contribution in [0.3, 0.4) is 0 Å². The van der Waals surface area contributed by atoms with Gasteiger partial charge in [0.1, 0.15) is 5.75 Å². The summed E-state index contributed by atoms with van der Waals surface area (Å²) >= 11 is 1.80. The largest absolute Gasteiger partial charge is 0.494 e. The van der Waals surface area contributed by atoms with Gasteiger partial charge in [-0.3, -0.25) is 9.69 Å². The Morgan fingerprint density at radius 3 is 2.56 bits per heavy atom. The van der Waals surface area contributed by atoms with Crippen LogP contribution in [0.4, 0.5) is 10.5 Å². The smallest absolute Gasteiger partial charge is 0.434 e. The predicted molar refractivity (Wildman–Crippen MR) is 158 cm³/mol. The quantitative estimate of drug-likeness (QED) is 0.257. The van der Waals surface area contributed by atoms with Crippen molar-refractivity contribution in [3.63, 3.8) is 0 Å². The second kappa shape index (κ2) is 12.5. The number of hydrogen-bond acceptors (Lipinski definition) is 7. The number of benzene rings is 2. The molecule has 1 amide bonds. The zero-order valence-electron chi connectivity index (χ0n) is 22.7. The molecule has 9 heteroatoms. The molecule has 39 heavy (non-hydrogen) atoms. The predicted octanol–water partition coefficient (Wildman–Crippen LogP) is 5.09. The Hall–Kier alpha value is -3.56. The van der Waals surface area contributed by atoms with Crippen molar-refractivity contribution in [3.05, 3.63) is 70.3 Å². The van der Waals surface area contributed by atoms with Crippen LogP contribution in [0.5, 0.6) is 5.75 Å². The third-order valence-corrected chi connectivity index (χ3v) is 8.22. The summed E-state index contributed by atoms with van der Waals surface area (Å²) in [4.78, 5) is 37.0. The van der Waals surface area contributed by atoms with Crippen molar-refractivity contribution >= 4 is 44.1 Å². The van der Waals surface area contributed by atoms with Crippen LogP contribution in [0, 0.1) is 0 Å². The molecule has 0 spiro atoms. The molecule has 0 N–H and O–H groups in total. The van der Waals surface area contributed by atoms with Gasteiger partial charge in [-0.1, -0.05) is 6.07 Å². The first kappa shape index (κ1) is 27.0. The van der Waals surface area contributed by atoms with Gasteiger partial charge in [-0.15, -0.1) is 16.1 Å². The molecule has 2 aromatic carbocycles. The van der Waals surface area contributed by atoms with Gasteiger partial charge in [0.05, 0.1) is 12.1 Å². The molecule has 0 bridgehead atoms. The molecule has 0 unspecified atom stereocenters. The van der Waals surface area contributed by atoms with E-state index >= 15 is 0 Å². The van der Waals surface area contributed by atoms with E-state index < -0.39 is 11.7 Å². The molecular weight excluding hydrogens is 512 g/mol. The van der Waals surface area contributed by atoms with Crippen molar-refractivity contribution in [2.75, 3.05) is 57.3 Å². The number of rotatable bonds is 10. The van der Waals surface area contributed by atoms with Crippen molar-refractivity contribution in [3.8, 4) is 5.75 Å². The SMILES string of the molecule is CCN(CC)C(=O)On1c(=O)ccc2ccc(OCCCCN3CCN(c4cccc5sccc45)CC3)cc21. The molecule has 3 heterocycles. The first-order valence-corrected chi connectivity index (χ1v) is 14.6. The Morgan fingerprint density at radius 2 is 1.77 bits per heavy atom. The van der Waals surface area contributed by atoms with Gasteiger partial charge in [-0.05, 0) is 75.0 Å². The second-order valence-electron chi connectivity index (χ2n) is 9.71. The lowest BCUT2D eigenvalue weighted by molar-refractivity contribution is 0.0965. The summed E-state index contributed by atoms with van der Waals surface area (Å²) in [7, 11) is 0. The van der Waals surface area contributed by atoms with Gasteiger partial charge in [0, 0.05) is 72.6 Å². The summed E-state index contributed by atoms with van der Waals surface area (Å²) < 4.78 is 8.42. The lowest BCUT2D eigenvalue weighted by Gasteiger charge is -2.36. The molecule has 8 nitrogen and oxygen atoms in total. The molecule has 0 saturated carbocycles. The molecular formula is C30H36N4O4S. The lowest BCUT2D eigenvalue weighted by Crippen LogP contribution is -2.46. The summed E-state index contributed by atoms with van der Waals surface area (Å²) in [5, 5.41) is 4.33. The Balaban J connectivity index is 1.10. The van der Waals surface area contributed by atoms with Crippen molar-refractivity contribution in [1.82, 2.24) is 14.5 Å². The fourth-order valence-corrected chi connectivity index (χ4v) is 5.89. The van der Waals surface area contributed by atoms with Crippen LogP contribution in [0.1, 0.15) is 26.7 Å². The number of aromatic nitrogens is 1. The van der Waals surface area contributed by atoms with Gasteiger partial charge in [0.15, 0.2) is 0 Å². The highest BCUT2D eigenvalue weighted by Gasteiger charge is 2.19. The summed E-state index contributed by atoms with van der Waals surface area (Å²) in [5.74, 6) is 0.650. The molecule has 2 aromatic heterocycles. The third-order valence-electron chi connectivity index (χ3n) is 7.34. The monoisotopic (exact) mass is 548 g/mol. The van der Waals surface area contributed by atoms with E-state index in [-0.39, 0.29) is 0 Å². The average Bonchev–Trinajstić information content (AvgIpc) is 3.45. The summed E-state index contributed by atoms with van der Waals surface area (Å²) in [6.45, 7) is 10.6. The number of pyridine rings is 1. The summed E-state index contributed by atoms with van der Waals surface area (Å²) in [6, 6.07) is 17.5. The van der Waals surface area contributed by atoms with Gasteiger partial charge in [-0.2, -0.15) is 0 Å². The van der Waals surface area contributed by atoms with Crippen LogP contribution in [-0.4, -0.2) is 73.0 Å². The van der Waals surface area contributed by atoms with Gasteiger partial charge >= 0.3 is 6.09 Å². The first-order chi connectivity index (χ1) is 19.1. The lowest BCUT2D eigenvalue weighted by atomic mass is 10.2. The number of piperazine rings is 1. The Bertz CT molecular complexity index is 1470. The standard InChI is InChI=1S/C30H36N4O4S/c1-3-32(4-2)30(36)38-34-27-22-24(12-10-23(27)11-13-29(34)35)37-20-6-5-15-31-16-18-33(19-17-31)26-8-7-9-28-25(26)14-21-39-28/h7-14,21-22H,3-6,15-20H2,1-2H3. The molecule has 0 aliphatic carbocycles. The van der Waals surface area contributed by atoms with Crippen LogP contribution in [0.15, 0.2) is 64.8 Å². The second-order valence-corrected chi connectivity index (χ2v) is 10.7. The van der Waals surface area contributed by atoms with E-state index in [2.05, 4.69) is 39.4 Å². The van der Waals surface area contributed by atoms with E-state index in [0.717, 1.165) is 55.7 Å². The molecule has 4 aromatic rings. The number of thiophene rings is 1. The fraction of sp³-hybridized carbons (Fsp3) is 0.400. The minimum Gasteiger partial charge on any atom is -0.494 e. The first-order valence-electron chi connectivity index (χ1n) is 13.8. The average molecular weight is 549 g/mol. The number of nitrogens with zero attached hydrogens (tertiary/aromatic N) is 4. The highest BCUT2D eigenvalue weighted by molar-refractivity contribution is 7.17. The number of unbranched alkanes of at least 4 members (excludes halogenated alkanes) is 1. The number of hydrogen-bond donors (Lipinski definition) is 0. The Kier molecular flexibility index (Phi) is 8.68. The highest BCUT2D eigenvalue weighted by atomic mass is 32.1. The van der Waals surface area contributed by atoms with Gasteiger partial charge < -0.3 is 19.4 Å². The number of anilines is 1. The van der Waals surface area contributed by atoms with Gasteiger partial charge in [0.25, 0.3) is 5.56 Å². The molecule has 5 rings (SSSR count). The van der Waals surface area contributed by atoms with Crippen LogP contribution in [0.25, 0.3) is 21.0 Å². The van der Waals surface area contributed by atoms with E-state index in [1.807, 2.05) is 26.0 Å². The minimum atomic E-state index is -0.551. The molecule has 1 aliphatic rings. The number of ether oxygens (including phenoxy) is 1. The summed E-state index contributed by atoms with van der Waals surface area (Å²) in [6.07, 6.45) is 1.44. The molecule has 1 aliphatic heterocycles. The number of amides is 1. The van der Waals surface area contributed by atoms with Gasteiger partial charge in [0.2, 0.25) is 0 Å². The van der Waals surface area contributed by atoms with Crippen molar-refractivity contribution in [2.24, 2.45) is 0 Å². The van der Waals surface area contributed by atoms with E-state index in [1.54, 1.807) is 23.5 Å². The van der Waals surface area contributed by atoms with Crippen molar-refractivity contribution < 1.29 is 14.4 Å². The molecule has 1 fully saturated rings. The van der Waals surface area contributed by atoms with Crippen LogP contribution >= 0.6 is 11.3 Å². The van der Waals surface area contributed by atoms with Gasteiger partial charge in [-0.25, -0.2) is 4.79 Å². The van der Waals surface area contributed by atoms with Crippen LogP contribution < -0.4 is 20.0 Å². The minimum absolute atomic E-state index is 0.396. The topological polar surface area (TPSA) is 67.2 Å². The van der Waals surface area contributed by atoms with E-state index in [9.17, 15) is 9.59 Å².